The van der Waals surface area contributed by atoms with E-state index in [9.17, 15) is 4.79 Å². The van der Waals surface area contributed by atoms with Crippen LogP contribution in [0.25, 0.3) is 12.2 Å². The number of anilines is 1. The van der Waals surface area contributed by atoms with Gasteiger partial charge in [0, 0.05) is 5.69 Å². The van der Waals surface area contributed by atoms with E-state index in [2.05, 4.69) is 0 Å². The molecule has 2 aromatic carbocycles. The maximum atomic E-state index is 12.2. The van der Waals surface area contributed by atoms with Gasteiger partial charge >= 0.3 is 5.97 Å². The summed E-state index contributed by atoms with van der Waals surface area (Å²) in [6.07, 6.45) is 7.46. The Kier molecular flexibility index (Phi) is 5.55. The molecule has 0 spiro atoms. The lowest BCUT2D eigenvalue weighted by Crippen LogP contribution is -2.07. The lowest BCUT2D eigenvalue weighted by atomic mass is 10.1. The van der Waals surface area contributed by atoms with Crippen LogP contribution in [-0.2, 0) is 4.74 Å². The summed E-state index contributed by atoms with van der Waals surface area (Å²) in [5.74, 6) is -0.377. The summed E-state index contributed by atoms with van der Waals surface area (Å²) in [7, 11) is 0. The summed E-state index contributed by atoms with van der Waals surface area (Å²) >= 11 is 0. The summed E-state index contributed by atoms with van der Waals surface area (Å²) < 4.78 is 5.28. The van der Waals surface area contributed by atoms with Crippen molar-refractivity contribution in [3.63, 3.8) is 0 Å². The smallest absolute Gasteiger partial charge is 0.339 e. The van der Waals surface area contributed by atoms with Crippen molar-refractivity contribution in [2.24, 2.45) is 0 Å². The van der Waals surface area contributed by atoms with E-state index in [0.29, 0.717) is 11.3 Å². The van der Waals surface area contributed by atoms with Crippen LogP contribution < -0.4 is 5.73 Å². The first-order valence-electron chi connectivity index (χ1n) is 7.11. The summed E-state index contributed by atoms with van der Waals surface area (Å²) in [5, 5.41) is 0. The first-order valence-corrected chi connectivity index (χ1v) is 7.11. The van der Waals surface area contributed by atoms with Gasteiger partial charge < -0.3 is 10.5 Å². The SMILES string of the molecule is C/C=C/c1ccc(N)cc1C(=O)OC/C=C/c1ccccc1. The van der Waals surface area contributed by atoms with Gasteiger partial charge in [-0.1, -0.05) is 54.6 Å². The minimum atomic E-state index is -0.377. The molecule has 0 aliphatic carbocycles. The number of rotatable bonds is 5. The number of allylic oxidation sites excluding steroid dienone is 1. The van der Waals surface area contributed by atoms with Crippen LogP contribution in [0.3, 0.4) is 0 Å². The van der Waals surface area contributed by atoms with E-state index in [-0.39, 0.29) is 12.6 Å². The van der Waals surface area contributed by atoms with Crippen molar-refractivity contribution >= 4 is 23.8 Å². The number of benzene rings is 2. The van der Waals surface area contributed by atoms with Crippen molar-refractivity contribution in [1.82, 2.24) is 0 Å². The van der Waals surface area contributed by atoms with E-state index in [0.717, 1.165) is 11.1 Å². The third-order valence-corrected chi connectivity index (χ3v) is 3.06. The Hall–Kier alpha value is -2.81. The topological polar surface area (TPSA) is 52.3 Å². The zero-order valence-corrected chi connectivity index (χ0v) is 12.5. The van der Waals surface area contributed by atoms with Crippen molar-refractivity contribution in [3.8, 4) is 0 Å². The van der Waals surface area contributed by atoms with Crippen LogP contribution in [0.15, 0.2) is 60.7 Å². The van der Waals surface area contributed by atoms with Gasteiger partial charge in [0.25, 0.3) is 0 Å². The Bertz CT molecular complexity index is 688. The largest absolute Gasteiger partial charge is 0.458 e. The zero-order valence-electron chi connectivity index (χ0n) is 12.5. The summed E-state index contributed by atoms with van der Waals surface area (Å²) in [4.78, 5) is 12.2. The maximum absolute atomic E-state index is 12.2. The fraction of sp³-hybridized carbons (Fsp3) is 0.105. The van der Waals surface area contributed by atoms with Crippen LogP contribution in [-0.4, -0.2) is 12.6 Å². The third kappa shape index (κ3) is 4.35. The minimum Gasteiger partial charge on any atom is -0.458 e. The standard InChI is InChI=1S/C19H19NO2/c1-2-7-16-11-12-17(20)14-18(16)19(21)22-13-6-10-15-8-4-3-5-9-15/h2-12,14H,13,20H2,1H3/b7-2+,10-6+. The van der Waals surface area contributed by atoms with E-state index in [1.807, 2.05) is 67.6 Å². The summed E-state index contributed by atoms with van der Waals surface area (Å²) in [6.45, 7) is 2.12. The molecule has 0 aliphatic rings. The number of hydrogen-bond acceptors (Lipinski definition) is 3. The molecule has 0 unspecified atom stereocenters. The number of nitrogens with two attached hydrogens (primary N) is 1. The molecule has 0 atom stereocenters. The zero-order chi connectivity index (χ0) is 15.8. The quantitative estimate of drug-likeness (QED) is 0.665. The lowest BCUT2D eigenvalue weighted by molar-refractivity contribution is 0.0550. The van der Waals surface area contributed by atoms with Crippen LogP contribution in [0.2, 0.25) is 0 Å². The molecule has 0 saturated heterocycles. The van der Waals surface area contributed by atoms with Crippen LogP contribution >= 0.6 is 0 Å². The first-order chi connectivity index (χ1) is 10.7. The van der Waals surface area contributed by atoms with Crippen LogP contribution in [0.4, 0.5) is 5.69 Å². The molecule has 2 aromatic rings. The molecule has 3 heteroatoms. The molecule has 0 amide bonds. The average Bonchev–Trinajstić information content (AvgIpc) is 2.54. The van der Waals surface area contributed by atoms with Crippen LogP contribution in [0.5, 0.6) is 0 Å². The monoisotopic (exact) mass is 293 g/mol. The number of esters is 1. The Morgan fingerprint density at radius 2 is 1.91 bits per heavy atom. The summed E-state index contributed by atoms with van der Waals surface area (Å²) in [5.41, 5.74) is 8.63. The molecule has 0 aromatic heterocycles. The van der Waals surface area contributed by atoms with Crippen molar-refractivity contribution in [1.29, 1.82) is 0 Å². The second-order valence-electron chi connectivity index (χ2n) is 4.76. The molecule has 0 saturated carbocycles. The molecule has 3 nitrogen and oxygen atoms in total. The fourth-order valence-corrected chi connectivity index (χ4v) is 2.03. The first kappa shape index (κ1) is 15.6. The molecular formula is C19H19NO2. The highest BCUT2D eigenvalue weighted by Crippen LogP contribution is 2.16. The highest BCUT2D eigenvalue weighted by Gasteiger charge is 2.11. The molecule has 2 N–H and O–H groups in total. The van der Waals surface area contributed by atoms with Crippen molar-refractivity contribution in [2.75, 3.05) is 12.3 Å². The maximum Gasteiger partial charge on any atom is 0.339 e. The van der Waals surface area contributed by atoms with E-state index in [4.69, 9.17) is 10.5 Å². The van der Waals surface area contributed by atoms with E-state index in [1.165, 1.54) is 0 Å². The van der Waals surface area contributed by atoms with E-state index < -0.39 is 0 Å². The van der Waals surface area contributed by atoms with Gasteiger partial charge in [0.15, 0.2) is 0 Å². The average molecular weight is 293 g/mol. The number of carbonyl (C=O) groups is 1. The number of nitrogen functional groups attached to an aromatic ring is 1. The van der Waals surface area contributed by atoms with Gasteiger partial charge in [0.2, 0.25) is 0 Å². The third-order valence-electron chi connectivity index (χ3n) is 3.06. The van der Waals surface area contributed by atoms with Crippen molar-refractivity contribution < 1.29 is 9.53 Å². The molecule has 0 fully saturated rings. The Balaban J connectivity index is 2.01. The normalized spacial score (nSPS) is 11.1. The van der Waals surface area contributed by atoms with Gasteiger partial charge in [-0.2, -0.15) is 0 Å². The van der Waals surface area contributed by atoms with Crippen LogP contribution in [0.1, 0.15) is 28.4 Å². The molecule has 0 heterocycles. The second-order valence-corrected chi connectivity index (χ2v) is 4.76. The lowest BCUT2D eigenvalue weighted by Gasteiger charge is -2.07. The van der Waals surface area contributed by atoms with E-state index >= 15 is 0 Å². The Morgan fingerprint density at radius 1 is 1.14 bits per heavy atom. The van der Waals surface area contributed by atoms with Gasteiger partial charge in [-0.3, -0.25) is 0 Å². The molecule has 22 heavy (non-hydrogen) atoms. The van der Waals surface area contributed by atoms with Crippen molar-refractivity contribution in [3.05, 3.63) is 77.4 Å². The molecule has 0 bridgehead atoms. The van der Waals surface area contributed by atoms with Gasteiger partial charge in [-0.05, 0) is 36.3 Å². The van der Waals surface area contributed by atoms with Gasteiger partial charge in [-0.25, -0.2) is 4.79 Å². The highest BCUT2D eigenvalue weighted by molar-refractivity contribution is 5.94. The van der Waals surface area contributed by atoms with Crippen LogP contribution in [0, 0.1) is 0 Å². The van der Waals surface area contributed by atoms with Gasteiger partial charge in [0.05, 0.1) is 5.56 Å². The Morgan fingerprint density at radius 3 is 2.64 bits per heavy atom. The van der Waals surface area contributed by atoms with E-state index in [1.54, 1.807) is 12.1 Å². The minimum absolute atomic E-state index is 0.220. The Labute approximate surface area is 130 Å². The number of carbonyl (C=O) groups excluding carboxylic acids is 1. The highest BCUT2D eigenvalue weighted by atomic mass is 16.5. The molecular weight excluding hydrogens is 274 g/mol. The second kappa shape index (κ2) is 7.84. The summed E-state index contributed by atoms with van der Waals surface area (Å²) in [6, 6.07) is 15.1. The molecule has 112 valence electrons. The predicted molar refractivity (Wildman–Crippen MR) is 91.3 cm³/mol. The van der Waals surface area contributed by atoms with Crippen molar-refractivity contribution in [2.45, 2.75) is 6.92 Å². The molecule has 0 radical (unpaired) electrons. The fourth-order valence-electron chi connectivity index (χ4n) is 2.03. The number of ether oxygens (including phenoxy) is 1. The molecule has 0 aliphatic heterocycles. The van der Waals surface area contributed by atoms with Gasteiger partial charge in [0.1, 0.15) is 6.61 Å². The predicted octanol–water partition coefficient (Wildman–Crippen LogP) is 4.17. The molecule has 2 rings (SSSR count). The van der Waals surface area contributed by atoms with Gasteiger partial charge in [-0.15, -0.1) is 0 Å². The number of hydrogen-bond donors (Lipinski definition) is 1.